The maximum absolute atomic E-state index is 14.7. The number of hydrogen-bond donors (Lipinski definition) is 0. The van der Waals surface area contributed by atoms with Gasteiger partial charge >= 0.3 is 6.61 Å². The molecule has 176 valence electrons. The van der Waals surface area contributed by atoms with Crippen molar-refractivity contribution in [2.24, 2.45) is 4.99 Å². The SMILES string of the molecule is C[C@@H]1N=C(c2ncccc2F)c2c(ccc(Cl)c2Cl)-n2nc(C(=O)N3CC(OC(F)F)C3)nc21. The van der Waals surface area contributed by atoms with Crippen molar-refractivity contribution in [3.63, 3.8) is 0 Å². The Morgan fingerprint density at radius 1 is 1.24 bits per heavy atom. The van der Waals surface area contributed by atoms with Crippen molar-refractivity contribution < 1.29 is 22.7 Å². The number of aromatic nitrogens is 4. The summed E-state index contributed by atoms with van der Waals surface area (Å²) in [5, 5.41) is 4.67. The van der Waals surface area contributed by atoms with Crippen LogP contribution >= 0.6 is 23.2 Å². The monoisotopic (exact) mass is 510 g/mol. The molecule has 5 rings (SSSR count). The van der Waals surface area contributed by atoms with Crippen molar-refractivity contribution in [1.29, 1.82) is 0 Å². The fourth-order valence-corrected chi connectivity index (χ4v) is 4.24. The summed E-state index contributed by atoms with van der Waals surface area (Å²) < 4.78 is 45.2. The molecular formula is C21H15Cl2F3N6O2. The lowest BCUT2D eigenvalue weighted by Gasteiger charge is -2.37. The fraction of sp³-hybridized carbons (Fsp3) is 0.286. The summed E-state index contributed by atoms with van der Waals surface area (Å²) in [6, 6.07) is 5.20. The van der Waals surface area contributed by atoms with Crippen LogP contribution in [-0.4, -0.2) is 62.1 Å². The fourth-order valence-electron chi connectivity index (χ4n) is 3.84. The van der Waals surface area contributed by atoms with Crippen LogP contribution in [0.3, 0.4) is 0 Å². The van der Waals surface area contributed by atoms with Crippen LogP contribution < -0.4 is 0 Å². The minimum Gasteiger partial charge on any atom is -0.331 e. The van der Waals surface area contributed by atoms with Crippen molar-refractivity contribution >= 4 is 34.8 Å². The highest BCUT2D eigenvalue weighted by Crippen LogP contribution is 2.37. The van der Waals surface area contributed by atoms with E-state index in [1.807, 2.05) is 0 Å². The predicted molar refractivity (Wildman–Crippen MR) is 116 cm³/mol. The summed E-state index contributed by atoms with van der Waals surface area (Å²) in [6.07, 6.45) is 0.686. The number of aliphatic imine (C=N–C) groups is 1. The molecule has 34 heavy (non-hydrogen) atoms. The van der Waals surface area contributed by atoms with Crippen molar-refractivity contribution in [2.45, 2.75) is 25.7 Å². The topological polar surface area (TPSA) is 85.5 Å². The molecule has 8 nitrogen and oxygen atoms in total. The van der Waals surface area contributed by atoms with Gasteiger partial charge in [-0.1, -0.05) is 23.2 Å². The van der Waals surface area contributed by atoms with Crippen molar-refractivity contribution in [3.05, 3.63) is 69.2 Å². The molecule has 1 atom stereocenters. The van der Waals surface area contributed by atoms with Crippen LogP contribution in [0.5, 0.6) is 0 Å². The van der Waals surface area contributed by atoms with Gasteiger partial charge < -0.3 is 9.64 Å². The molecular weight excluding hydrogens is 496 g/mol. The van der Waals surface area contributed by atoms with Crippen molar-refractivity contribution in [2.75, 3.05) is 13.1 Å². The predicted octanol–water partition coefficient (Wildman–Crippen LogP) is 4.08. The third-order valence-electron chi connectivity index (χ3n) is 5.47. The lowest BCUT2D eigenvalue weighted by atomic mass is 10.0. The maximum Gasteiger partial charge on any atom is 0.345 e. The molecule has 13 heteroatoms. The number of pyridine rings is 1. The van der Waals surface area contributed by atoms with Crippen LogP contribution in [0.1, 0.15) is 40.7 Å². The quantitative estimate of drug-likeness (QED) is 0.527. The first kappa shape index (κ1) is 22.8. The largest absolute Gasteiger partial charge is 0.345 e. The molecule has 1 amide bonds. The Kier molecular flexibility index (Phi) is 5.78. The zero-order valence-electron chi connectivity index (χ0n) is 17.4. The van der Waals surface area contributed by atoms with Gasteiger partial charge in [-0.25, -0.2) is 14.1 Å². The lowest BCUT2D eigenvalue weighted by molar-refractivity contribution is -0.189. The van der Waals surface area contributed by atoms with E-state index in [0.29, 0.717) is 11.5 Å². The van der Waals surface area contributed by atoms with Crippen LogP contribution in [0.2, 0.25) is 10.0 Å². The number of fused-ring (bicyclic) bond motifs is 3. The summed E-state index contributed by atoms with van der Waals surface area (Å²) in [7, 11) is 0. The molecule has 0 spiro atoms. The Morgan fingerprint density at radius 3 is 2.71 bits per heavy atom. The van der Waals surface area contributed by atoms with Gasteiger partial charge in [0.15, 0.2) is 11.6 Å². The van der Waals surface area contributed by atoms with Gasteiger partial charge in [0.05, 0.1) is 27.5 Å². The van der Waals surface area contributed by atoms with E-state index in [4.69, 9.17) is 23.2 Å². The van der Waals surface area contributed by atoms with Crippen LogP contribution in [0.4, 0.5) is 13.2 Å². The highest BCUT2D eigenvalue weighted by Gasteiger charge is 2.37. The number of carbonyl (C=O) groups excluding carboxylic acids is 1. The molecule has 0 unspecified atom stereocenters. The van der Waals surface area contributed by atoms with E-state index >= 15 is 0 Å². The number of hydrogen-bond acceptors (Lipinski definition) is 6. The summed E-state index contributed by atoms with van der Waals surface area (Å²) >= 11 is 12.8. The Morgan fingerprint density at radius 2 is 2.00 bits per heavy atom. The van der Waals surface area contributed by atoms with Crippen molar-refractivity contribution in [3.8, 4) is 5.69 Å². The minimum absolute atomic E-state index is 0.00186. The standard InChI is InChI=1S/C21H15Cl2F3N6O2/c1-9-19-29-18(20(33)31-7-10(8-31)34-21(25)26)30-32(19)13-5-4-11(22)15(23)14(13)17(28-9)16-12(24)3-2-6-27-16/h2-6,9-10,21H,7-8H2,1H3/t9-/m0/s1. The minimum atomic E-state index is -2.91. The van der Waals surface area contributed by atoms with E-state index in [0.717, 1.165) is 0 Å². The van der Waals surface area contributed by atoms with Gasteiger partial charge in [0.25, 0.3) is 5.91 Å². The Balaban J connectivity index is 1.58. The number of rotatable bonds is 4. The Hall–Kier alpha value is -3.02. The summed E-state index contributed by atoms with van der Waals surface area (Å²) in [5.74, 6) is -0.979. The number of halogens is 5. The third kappa shape index (κ3) is 3.83. The van der Waals surface area contributed by atoms with E-state index in [-0.39, 0.29) is 45.9 Å². The molecule has 0 saturated carbocycles. The van der Waals surface area contributed by atoms with E-state index in [1.54, 1.807) is 19.1 Å². The van der Waals surface area contributed by atoms with Gasteiger partial charge in [-0.05, 0) is 31.2 Å². The molecule has 1 aromatic carbocycles. The molecule has 2 aliphatic heterocycles. The van der Waals surface area contributed by atoms with Crippen LogP contribution in [0.15, 0.2) is 35.5 Å². The number of amides is 1. The molecule has 0 bridgehead atoms. The molecule has 1 saturated heterocycles. The average Bonchev–Trinajstić information content (AvgIpc) is 3.17. The van der Waals surface area contributed by atoms with Crippen molar-refractivity contribution in [1.82, 2.24) is 24.6 Å². The average molecular weight is 511 g/mol. The first-order chi connectivity index (χ1) is 16.2. The first-order valence-corrected chi connectivity index (χ1v) is 10.9. The third-order valence-corrected chi connectivity index (χ3v) is 6.28. The van der Waals surface area contributed by atoms with Gasteiger partial charge in [-0.2, -0.15) is 8.78 Å². The van der Waals surface area contributed by atoms with Crippen LogP contribution in [-0.2, 0) is 4.74 Å². The second-order valence-corrected chi connectivity index (χ2v) is 8.46. The highest BCUT2D eigenvalue weighted by molar-refractivity contribution is 6.45. The highest BCUT2D eigenvalue weighted by atomic mass is 35.5. The number of ether oxygens (including phenoxy) is 1. The zero-order valence-corrected chi connectivity index (χ0v) is 18.9. The van der Waals surface area contributed by atoms with E-state index < -0.39 is 30.5 Å². The number of nitrogens with zero attached hydrogens (tertiary/aromatic N) is 6. The normalized spacial score (nSPS) is 17.7. The second-order valence-electron chi connectivity index (χ2n) is 7.68. The van der Waals surface area contributed by atoms with Crippen LogP contribution in [0, 0.1) is 5.82 Å². The van der Waals surface area contributed by atoms with Gasteiger partial charge in [0, 0.05) is 24.8 Å². The number of carbonyl (C=O) groups is 1. The Bertz CT molecular complexity index is 1330. The van der Waals surface area contributed by atoms with Gasteiger partial charge in [0.2, 0.25) is 5.82 Å². The number of benzene rings is 1. The maximum atomic E-state index is 14.7. The second kappa shape index (κ2) is 8.64. The molecule has 3 aromatic rings. The zero-order chi connectivity index (χ0) is 24.1. The molecule has 1 fully saturated rings. The molecule has 2 aliphatic rings. The van der Waals surface area contributed by atoms with E-state index in [9.17, 15) is 18.0 Å². The molecule has 4 heterocycles. The molecule has 0 radical (unpaired) electrons. The molecule has 0 N–H and O–H groups in total. The molecule has 0 aliphatic carbocycles. The van der Waals surface area contributed by atoms with E-state index in [1.165, 1.54) is 27.9 Å². The smallest absolute Gasteiger partial charge is 0.331 e. The van der Waals surface area contributed by atoms with Crippen LogP contribution in [0.25, 0.3) is 5.69 Å². The summed E-state index contributed by atoms with van der Waals surface area (Å²) in [4.78, 5) is 27.2. The first-order valence-electron chi connectivity index (χ1n) is 10.1. The molecule has 2 aromatic heterocycles. The Labute approximate surface area is 201 Å². The van der Waals surface area contributed by atoms with Gasteiger partial charge in [-0.3, -0.25) is 14.8 Å². The summed E-state index contributed by atoms with van der Waals surface area (Å²) in [5.41, 5.74) is 0.817. The van der Waals surface area contributed by atoms with E-state index in [2.05, 4.69) is 24.8 Å². The number of alkyl halides is 2. The summed E-state index contributed by atoms with van der Waals surface area (Å²) in [6.45, 7) is -1.20. The van der Waals surface area contributed by atoms with Gasteiger partial charge in [-0.15, -0.1) is 5.10 Å². The lowest BCUT2D eigenvalue weighted by Crippen LogP contribution is -2.55. The van der Waals surface area contributed by atoms with Gasteiger partial charge in [0.1, 0.15) is 11.7 Å². The number of likely N-dealkylation sites (tertiary alicyclic amines) is 1.